The average Bonchev–Trinajstić information content (AvgIpc) is 2.79. The van der Waals surface area contributed by atoms with Crippen LogP contribution in [0.1, 0.15) is 72.7 Å². The van der Waals surface area contributed by atoms with Gasteiger partial charge in [-0.25, -0.2) is 9.97 Å². The predicted octanol–water partition coefficient (Wildman–Crippen LogP) is 2.54. The molecule has 2 saturated heterocycles. The summed E-state index contributed by atoms with van der Waals surface area (Å²) in [5.41, 5.74) is 1.30. The van der Waals surface area contributed by atoms with E-state index >= 15 is 0 Å². The Labute approximate surface area is 172 Å². The molecule has 29 heavy (non-hydrogen) atoms. The number of aromatic nitrogens is 2. The van der Waals surface area contributed by atoms with E-state index in [-0.39, 0.29) is 17.7 Å². The van der Waals surface area contributed by atoms with Gasteiger partial charge in [-0.2, -0.15) is 0 Å². The minimum atomic E-state index is -0.0184. The number of hydrogen-bond donors (Lipinski definition) is 0. The maximum Gasteiger partial charge on any atom is 0.257 e. The number of ether oxygens (including phenoxy) is 1. The van der Waals surface area contributed by atoms with E-state index in [0.717, 1.165) is 43.7 Å². The lowest BCUT2D eigenvalue weighted by Gasteiger charge is -2.35. The molecule has 4 rings (SSSR count). The number of morpholine rings is 1. The number of nitrogens with zero attached hydrogens (tertiary/aromatic N) is 4. The molecule has 1 aromatic heterocycles. The predicted molar refractivity (Wildman–Crippen MR) is 109 cm³/mol. The molecule has 0 bridgehead atoms. The third-order valence-electron chi connectivity index (χ3n) is 6.58. The van der Waals surface area contributed by atoms with Crippen LogP contribution < -0.4 is 0 Å². The average molecular weight is 401 g/mol. The third kappa shape index (κ3) is 4.60. The quantitative estimate of drug-likeness (QED) is 0.779. The van der Waals surface area contributed by atoms with Gasteiger partial charge in [0, 0.05) is 44.2 Å². The molecule has 3 fully saturated rings. The summed E-state index contributed by atoms with van der Waals surface area (Å²) in [5.74, 6) is 1.43. The van der Waals surface area contributed by atoms with E-state index in [1.807, 2.05) is 11.8 Å². The first-order chi connectivity index (χ1) is 14.1. The Kier molecular flexibility index (Phi) is 6.43. The smallest absolute Gasteiger partial charge is 0.257 e. The molecule has 2 aliphatic heterocycles. The van der Waals surface area contributed by atoms with Crippen molar-refractivity contribution in [2.45, 2.75) is 57.8 Å². The van der Waals surface area contributed by atoms with Crippen LogP contribution >= 0.6 is 0 Å². The van der Waals surface area contributed by atoms with Crippen molar-refractivity contribution in [3.05, 3.63) is 23.3 Å². The Balaban J connectivity index is 1.43. The molecular formula is C22H32N4O3. The molecule has 1 unspecified atom stereocenters. The fourth-order valence-corrected chi connectivity index (χ4v) is 4.82. The van der Waals surface area contributed by atoms with Gasteiger partial charge in [-0.05, 0) is 32.6 Å². The highest BCUT2D eigenvalue weighted by Gasteiger charge is 2.31. The molecule has 1 aromatic rings. The molecule has 0 radical (unpaired) electrons. The monoisotopic (exact) mass is 400 g/mol. The van der Waals surface area contributed by atoms with Crippen molar-refractivity contribution in [1.29, 1.82) is 0 Å². The molecule has 3 aliphatic rings. The van der Waals surface area contributed by atoms with Crippen molar-refractivity contribution < 1.29 is 14.3 Å². The maximum absolute atomic E-state index is 12.9. The summed E-state index contributed by atoms with van der Waals surface area (Å²) in [7, 11) is 0. The van der Waals surface area contributed by atoms with Gasteiger partial charge in [-0.15, -0.1) is 0 Å². The number of hydrogen-bond acceptors (Lipinski definition) is 5. The molecule has 0 spiro atoms. The first kappa shape index (κ1) is 20.3. The first-order valence-corrected chi connectivity index (χ1v) is 11.1. The highest BCUT2D eigenvalue weighted by Crippen LogP contribution is 2.30. The maximum atomic E-state index is 12.9. The van der Waals surface area contributed by atoms with Crippen LogP contribution in [0.5, 0.6) is 0 Å². The van der Waals surface area contributed by atoms with E-state index in [2.05, 4.69) is 4.98 Å². The Morgan fingerprint density at radius 2 is 1.76 bits per heavy atom. The van der Waals surface area contributed by atoms with Crippen LogP contribution in [0.25, 0.3) is 0 Å². The van der Waals surface area contributed by atoms with Crippen molar-refractivity contribution in [3.8, 4) is 0 Å². The van der Waals surface area contributed by atoms with Gasteiger partial charge in [0.1, 0.15) is 5.82 Å². The lowest BCUT2D eigenvalue weighted by molar-refractivity contribution is -0.137. The van der Waals surface area contributed by atoms with Crippen molar-refractivity contribution in [2.24, 2.45) is 5.92 Å². The molecule has 0 aromatic carbocycles. The summed E-state index contributed by atoms with van der Waals surface area (Å²) in [5, 5.41) is 0. The van der Waals surface area contributed by atoms with Gasteiger partial charge in [0.05, 0.1) is 24.5 Å². The topological polar surface area (TPSA) is 75.6 Å². The van der Waals surface area contributed by atoms with Crippen molar-refractivity contribution >= 4 is 11.8 Å². The van der Waals surface area contributed by atoms with Gasteiger partial charge in [-0.3, -0.25) is 9.59 Å². The zero-order chi connectivity index (χ0) is 20.2. The van der Waals surface area contributed by atoms with Crippen LogP contribution in [0.3, 0.4) is 0 Å². The molecule has 3 heterocycles. The van der Waals surface area contributed by atoms with Crippen LogP contribution in [-0.2, 0) is 9.53 Å². The van der Waals surface area contributed by atoms with Gasteiger partial charge >= 0.3 is 0 Å². The molecule has 7 heteroatoms. The van der Waals surface area contributed by atoms with Gasteiger partial charge < -0.3 is 14.5 Å². The second kappa shape index (κ2) is 9.20. The zero-order valence-electron chi connectivity index (χ0n) is 17.4. The largest absolute Gasteiger partial charge is 0.378 e. The fourth-order valence-electron chi connectivity index (χ4n) is 4.82. The van der Waals surface area contributed by atoms with E-state index in [1.54, 1.807) is 11.1 Å². The molecule has 1 atom stereocenters. The highest BCUT2D eigenvalue weighted by atomic mass is 16.5. The first-order valence-electron chi connectivity index (χ1n) is 11.1. The standard InChI is InChI=1S/C22H32N4O3/c1-16-19(22(28)25-10-12-29-13-11-25)14-23-20(24-16)18-8-5-9-26(15-18)21(27)17-6-3-2-4-7-17/h14,17-18H,2-13,15H2,1H3. The molecule has 158 valence electrons. The minimum Gasteiger partial charge on any atom is -0.378 e. The lowest BCUT2D eigenvalue weighted by Crippen LogP contribution is -2.43. The summed E-state index contributed by atoms with van der Waals surface area (Å²) < 4.78 is 5.33. The molecule has 2 amide bonds. The second-order valence-corrected chi connectivity index (χ2v) is 8.59. The summed E-state index contributed by atoms with van der Waals surface area (Å²) >= 11 is 0. The number of rotatable bonds is 3. The Morgan fingerprint density at radius 1 is 1.00 bits per heavy atom. The lowest BCUT2D eigenvalue weighted by atomic mass is 9.87. The molecule has 1 aliphatic carbocycles. The van der Waals surface area contributed by atoms with E-state index in [4.69, 9.17) is 9.72 Å². The van der Waals surface area contributed by atoms with Crippen molar-refractivity contribution in [3.63, 3.8) is 0 Å². The highest BCUT2D eigenvalue weighted by molar-refractivity contribution is 5.95. The van der Waals surface area contributed by atoms with Crippen LogP contribution in [-0.4, -0.2) is 71.0 Å². The van der Waals surface area contributed by atoms with Crippen LogP contribution in [0.2, 0.25) is 0 Å². The summed E-state index contributed by atoms with van der Waals surface area (Å²) in [6, 6.07) is 0. The molecule has 1 saturated carbocycles. The Morgan fingerprint density at radius 3 is 2.48 bits per heavy atom. The third-order valence-corrected chi connectivity index (χ3v) is 6.58. The van der Waals surface area contributed by atoms with E-state index in [9.17, 15) is 9.59 Å². The van der Waals surface area contributed by atoms with Crippen molar-refractivity contribution in [2.75, 3.05) is 39.4 Å². The number of carbonyl (C=O) groups is 2. The van der Waals surface area contributed by atoms with Crippen molar-refractivity contribution in [1.82, 2.24) is 19.8 Å². The molecule has 0 N–H and O–H groups in total. The Bertz CT molecular complexity index is 742. The normalized spacial score (nSPS) is 23.8. The minimum absolute atomic E-state index is 0.0184. The fraction of sp³-hybridized carbons (Fsp3) is 0.727. The van der Waals surface area contributed by atoms with E-state index in [0.29, 0.717) is 44.3 Å². The molecule has 7 nitrogen and oxygen atoms in total. The SMILES string of the molecule is Cc1nc(C2CCCN(C(=O)C3CCCCC3)C2)ncc1C(=O)N1CCOCC1. The van der Waals surface area contributed by atoms with Gasteiger partial charge in [0.25, 0.3) is 5.91 Å². The number of piperidine rings is 1. The number of carbonyl (C=O) groups excluding carboxylic acids is 2. The van der Waals surface area contributed by atoms with E-state index in [1.165, 1.54) is 19.3 Å². The second-order valence-electron chi connectivity index (χ2n) is 8.59. The van der Waals surface area contributed by atoms with Crippen LogP contribution in [0, 0.1) is 12.8 Å². The van der Waals surface area contributed by atoms with Crippen LogP contribution in [0.15, 0.2) is 6.20 Å². The van der Waals surface area contributed by atoms with Gasteiger partial charge in [0.15, 0.2) is 0 Å². The number of likely N-dealkylation sites (tertiary alicyclic amines) is 1. The Hall–Kier alpha value is -2.02. The summed E-state index contributed by atoms with van der Waals surface area (Å²) in [6.45, 7) is 5.81. The molecular weight excluding hydrogens is 368 g/mol. The van der Waals surface area contributed by atoms with Crippen LogP contribution in [0.4, 0.5) is 0 Å². The number of amides is 2. The summed E-state index contributed by atoms with van der Waals surface area (Å²) in [6.07, 6.45) is 9.34. The van der Waals surface area contributed by atoms with Gasteiger partial charge in [0.2, 0.25) is 5.91 Å². The summed E-state index contributed by atoms with van der Waals surface area (Å²) in [4.78, 5) is 38.8. The zero-order valence-corrected chi connectivity index (χ0v) is 17.4. The van der Waals surface area contributed by atoms with Gasteiger partial charge in [-0.1, -0.05) is 19.3 Å². The van der Waals surface area contributed by atoms with E-state index < -0.39 is 0 Å². The number of aryl methyl sites for hydroxylation is 1.